The van der Waals surface area contributed by atoms with Crippen molar-refractivity contribution in [3.8, 4) is 5.75 Å². The molecule has 0 aliphatic carbocycles. The number of carboxylic acid groups (broad SMARTS) is 1. The van der Waals surface area contributed by atoms with Crippen molar-refractivity contribution in [3.63, 3.8) is 0 Å². The number of carbonyl (C=O) groups is 1. The van der Waals surface area contributed by atoms with Gasteiger partial charge >= 0.3 is 5.97 Å². The monoisotopic (exact) mass is 428 g/mol. The van der Waals surface area contributed by atoms with Crippen molar-refractivity contribution in [3.05, 3.63) is 100 Å². The molecule has 1 aliphatic rings. The van der Waals surface area contributed by atoms with Crippen LogP contribution in [0.3, 0.4) is 0 Å². The van der Waals surface area contributed by atoms with Crippen LogP contribution in [-0.4, -0.2) is 26.1 Å². The van der Waals surface area contributed by atoms with Crippen LogP contribution in [-0.2, 0) is 13.2 Å². The molecule has 32 heavy (non-hydrogen) atoms. The van der Waals surface area contributed by atoms with Gasteiger partial charge in [-0.15, -0.1) is 0 Å². The minimum atomic E-state index is -0.953. The lowest BCUT2D eigenvalue weighted by Gasteiger charge is -2.12. The molecule has 6 heteroatoms. The summed E-state index contributed by atoms with van der Waals surface area (Å²) in [6, 6.07) is 17.4. The Morgan fingerprint density at radius 3 is 2.69 bits per heavy atom. The van der Waals surface area contributed by atoms with Gasteiger partial charge in [0.25, 0.3) is 0 Å². The highest BCUT2D eigenvalue weighted by Crippen LogP contribution is 2.37. The van der Waals surface area contributed by atoms with Gasteiger partial charge in [-0.05, 0) is 72.0 Å². The van der Waals surface area contributed by atoms with E-state index in [2.05, 4.69) is 47.7 Å². The lowest BCUT2D eigenvalue weighted by molar-refractivity contribution is 0.0697. The number of carboxylic acids is 1. The maximum atomic E-state index is 11.6. The summed E-state index contributed by atoms with van der Waals surface area (Å²) in [6.45, 7) is 5.25. The number of fused-ring (bicyclic) bond motifs is 3. The van der Waals surface area contributed by atoms with Crippen molar-refractivity contribution in [2.45, 2.75) is 27.0 Å². The third kappa shape index (κ3) is 3.65. The number of ether oxygens (including phenoxy) is 1. The summed E-state index contributed by atoms with van der Waals surface area (Å²) in [7, 11) is 0. The van der Waals surface area contributed by atoms with Crippen molar-refractivity contribution in [1.29, 1.82) is 0 Å². The number of nitrogens with zero attached hydrogens (tertiary/aromatic N) is 2. The molecule has 1 aliphatic heterocycles. The Balaban J connectivity index is 0.00000245. The first-order chi connectivity index (χ1) is 15.0. The number of hydrogen-bond acceptors (Lipinski definition) is 3. The van der Waals surface area contributed by atoms with Crippen LogP contribution in [0.25, 0.3) is 16.6 Å². The Kier molecular flexibility index (Phi) is 5.55. The second kappa shape index (κ2) is 8.32. The van der Waals surface area contributed by atoms with Crippen LogP contribution >= 0.6 is 0 Å². The number of aryl methyl sites for hydroxylation is 2. The van der Waals surface area contributed by atoms with E-state index in [0.29, 0.717) is 18.9 Å². The lowest BCUT2D eigenvalue weighted by Crippen LogP contribution is -2.00. The summed E-state index contributed by atoms with van der Waals surface area (Å²) in [5.41, 5.74) is 8.64. The average molecular weight is 428 g/mol. The van der Waals surface area contributed by atoms with Crippen molar-refractivity contribution in [2.24, 2.45) is 0 Å². The first kappa shape index (κ1) is 21.3. The second-order valence-corrected chi connectivity index (χ2v) is 7.90. The fourth-order valence-corrected chi connectivity index (χ4v) is 4.08. The fraction of sp³-hybridized carbons (Fsp3) is 0.154. The van der Waals surface area contributed by atoms with E-state index >= 15 is 0 Å². The molecule has 5 rings (SSSR count). The molecule has 3 N–H and O–H groups in total. The number of allylic oxidation sites excluding steroid dienone is 1. The van der Waals surface area contributed by atoms with Crippen molar-refractivity contribution in [2.75, 3.05) is 0 Å². The molecule has 3 aromatic carbocycles. The molecule has 0 bridgehead atoms. The van der Waals surface area contributed by atoms with E-state index in [1.807, 2.05) is 24.5 Å². The van der Waals surface area contributed by atoms with Crippen molar-refractivity contribution < 1.29 is 20.1 Å². The summed E-state index contributed by atoms with van der Waals surface area (Å²) in [5, 5.41) is 9.51. The SMILES string of the molecule is Cc1cc2ncn(C/C=C3\c4ccccc4COc4ccc(C(=O)O)cc43)c2cc1C.O. The number of benzene rings is 3. The van der Waals surface area contributed by atoms with Gasteiger partial charge in [-0.25, -0.2) is 9.78 Å². The molecule has 6 nitrogen and oxygen atoms in total. The van der Waals surface area contributed by atoms with Crippen LogP contribution in [0.5, 0.6) is 5.75 Å². The summed E-state index contributed by atoms with van der Waals surface area (Å²) in [5.74, 6) is -0.263. The van der Waals surface area contributed by atoms with Gasteiger partial charge in [0.05, 0.1) is 22.9 Å². The molecule has 0 unspecified atom stereocenters. The van der Waals surface area contributed by atoms with Crippen molar-refractivity contribution >= 4 is 22.6 Å². The van der Waals surface area contributed by atoms with Crippen molar-refractivity contribution in [1.82, 2.24) is 9.55 Å². The van der Waals surface area contributed by atoms with Gasteiger partial charge < -0.3 is 19.9 Å². The Morgan fingerprint density at radius 2 is 1.88 bits per heavy atom. The minimum Gasteiger partial charge on any atom is -0.488 e. The zero-order valence-electron chi connectivity index (χ0n) is 17.9. The largest absolute Gasteiger partial charge is 0.488 e. The summed E-state index contributed by atoms with van der Waals surface area (Å²) < 4.78 is 8.14. The molecule has 0 saturated heterocycles. The predicted octanol–water partition coefficient (Wildman–Crippen LogP) is 4.55. The molecule has 162 valence electrons. The fourth-order valence-electron chi connectivity index (χ4n) is 4.08. The molecular formula is C26H24N2O4. The Hall–Kier alpha value is -3.90. The zero-order chi connectivity index (χ0) is 21.5. The number of aromatic nitrogens is 2. The first-order valence-electron chi connectivity index (χ1n) is 10.2. The third-order valence-electron chi connectivity index (χ3n) is 5.94. The Labute approximate surface area is 185 Å². The van der Waals surface area contributed by atoms with E-state index in [1.54, 1.807) is 18.2 Å². The summed E-state index contributed by atoms with van der Waals surface area (Å²) >= 11 is 0. The summed E-state index contributed by atoms with van der Waals surface area (Å²) in [4.78, 5) is 16.2. The molecule has 0 atom stereocenters. The van der Waals surface area contributed by atoms with E-state index in [0.717, 1.165) is 33.3 Å². The van der Waals surface area contributed by atoms with Crippen LogP contribution in [0, 0.1) is 13.8 Å². The smallest absolute Gasteiger partial charge is 0.335 e. The predicted molar refractivity (Wildman–Crippen MR) is 124 cm³/mol. The van der Waals surface area contributed by atoms with E-state index in [4.69, 9.17) is 4.74 Å². The molecule has 4 aromatic rings. The molecule has 1 aromatic heterocycles. The van der Waals surface area contributed by atoms with Gasteiger partial charge in [0, 0.05) is 12.1 Å². The number of rotatable bonds is 3. The van der Waals surface area contributed by atoms with Crippen LogP contribution < -0.4 is 4.74 Å². The summed E-state index contributed by atoms with van der Waals surface area (Å²) in [6.07, 6.45) is 3.99. The molecule has 0 fully saturated rings. The number of imidazole rings is 1. The Morgan fingerprint density at radius 1 is 1.09 bits per heavy atom. The van der Waals surface area contributed by atoms with E-state index in [-0.39, 0.29) is 11.0 Å². The first-order valence-corrected chi connectivity index (χ1v) is 10.2. The molecular weight excluding hydrogens is 404 g/mol. The van der Waals surface area contributed by atoms with Crippen LogP contribution in [0.15, 0.2) is 67.0 Å². The van der Waals surface area contributed by atoms with Crippen LogP contribution in [0.4, 0.5) is 0 Å². The highest BCUT2D eigenvalue weighted by atomic mass is 16.5. The van der Waals surface area contributed by atoms with Gasteiger partial charge in [-0.1, -0.05) is 30.3 Å². The average Bonchev–Trinajstić information content (AvgIpc) is 3.07. The third-order valence-corrected chi connectivity index (χ3v) is 5.94. The quantitative estimate of drug-likeness (QED) is 0.518. The van der Waals surface area contributed by atoms with Gasteiger partial charge in [-0.2, -0.15) is 0 Å². The highest BCUT2D eigenvalue weighted by Gasteiger charge is 2.20. The molecule has 2 heterocycles. The number of aromatic carboxylic acids is 1. The van der Waals surface area contributed by atoms with Gasteiger partial charge in [0.1, 0.15) is 12.4 Å². The molecule has 0 radical (unpaired) electrons. The molecule has 0 spiro atoms. The maximum absolute atomic E-state index is 11.6. The van der Waals surface area contributed by atoms with Gasteiger partial charge in [0.15, 0.2) is 0 Å². The number of hydrogen-bond donors (Lipinski definition) is 1. The van der Waals surface area contributed by atoms with Crippen LogP contribution in [0.2, 0.25) is 0 Å². The van der Waals surface area contributed by atoms with Gasteiger partial charge in [0.2, 0.25) is 0 Å². The molecule has 0 amide bonds. The second-order valence-electron chi connectivity index (χ2n) is 7.90. The normalized spacial score (nSPS) is 13.6. The van der Waals surface area contributed by atoms with Gasteiger partial charge in [-0.3, -0.25) is 0 Å². The van der Waals surface area contributed by atoms with E-state index in [9.17, 15) is 9.90 Å². The highest BCUT2D eigenvalue weighted by molar-refractivity contribution is 5.92. The minimum absolute atomic E-state index is 0. The zero-order valence-corrected chi connectivity index (χ0v) is 17.9. The molecule has 0 saturated carbocycles. The standard InChI is InChI=1S/C26H22N2O3.H2O/c1-16-11-23-24(12-17(16)2)28(15-27-23)10-9-21-20-6-4-3-5-19(20)14-31-25-8-7-18(26(29)30)13-22(21)25;/h3-9,11-13,15H,10,14H2,1-2H3,(H,29,30);1H2/b21-9+;. The van der Waals surface area contributed by atoms with E-state index < -0.39 is 5.97 Å². The lowest BCUT2D eigenvalue weighted by atomic mass is 9.93. The van der Waals surface area contributed by atoms with Crippen LogP contribution in [0.1, 0.15) is 38.2 Å². The van der Waals surface area contributed by atoms with E-state index in [1.165, 1.54) is 11.1 Å². The topological polar surface area (TPSA) is 95.9 Å². The maximum Gasteiger partial charge on any atom is 0.335 e. The Bertz CT molecular complexity index is 1370.